The summed E-state index contributed by atoms with van der Waals surface area (Å²) in [5.41, 5.74) is 7.03. The van der Waals surface area contributed by atoms with E-state index in [4.69, 9.17) is 0 Å². The zero-order valence-electron chi connectivity index (χ0n) is 18.8. The fourth-order valence-corrected chi connectivity index (χ4v) is 5.42. The van der Waals surface area contributed by atoms with Crippen molar-refractivity contribution in [2.24, 2.45) is 0 Å². The molecule has 0 spiro atoms. The molecule has 7 aromatic rings. The summed E-state index contributed by atoms with van der Waals surface area (Å²) in [4.78, 5) is 0. The van der Waals surface area contributed by atoms with Crippen LogP contribution in [0, 0.1) is 0 Å². The Kier molecular flexibility index (Phi) is 4.36. The highest BCUT2D eigenvalue weighted by Gasteiger charge is 2.22. The quantitative estimate of drug-likeness (QED) is 0.345. The lowest BCUT2D eigenvalue weighted by molar-refractivity contribution is 0.426. The molecule has 4 nitrogen and oxygen atoms in total. The first-order chi connectivity index (χ1) is 17.2. The molecule has 0 aliphatic heterocycles. The molecule has 0 aliphatic rings. The minimum atomic E-state index is -1.52. The van der Waals surface area contributed by atoms with Crippen molar-refractivity contribution in [3.8, 4) is 11.4 Å². The summed E-state index contributed by atoms with van der Waals surface area (Å²) >= 11 is 0. The van der Waals surface area contributed by atoms with Crippen molar-refractivity contribution in [1.82, 2.24) is 9.13 Å². The summed E-state index contributed by atoms with van der Waals surface area (Å²) in [6.07, 6.45) is 0. The first-order valence-corrected chi connectivity index (χ1v) is 11.7. The SMILES string of the molecule is OB(O)c1ccc2c(c1)c1ccc3c4ccccc4n(-c4ccccc4)c3c1n2-c1ccccc1. The lowest BCUT2D eigenvalue weighted by Gasteiger charge is -2.12. The second kappa shape index (κ2) is 7.60. The van der Waals surface area contributed by atoms with Crippen LogP contribution in [-0.2, 0) is 0 Å². The molecular formula is C30H21BN2O2. The van der Waals surface area contributed by atoms with E-state index < -0.39 is 7.12 Å². The van der Waals surface area contributed by atoms with E-state index in [1.165, 1.54) is 10.8 Å². The molecular weight excluding hydrogens is 431 g/mol. The Labute approximate surface area is 202 Å². The molecule has 0 aliphatic carbocycles. The van der Waals surface area contributed by atoms with Gasteiger partial charge in [0.2, 0.25) is 0 Å². The Hall–Kier alpha value is -4.32. The van der Waals surface area contributed by atoms with Crippen LogP contribution in [0.25, 0.3) is 55.0 Å². The van der Waals surface area contributed by atoms with Gasteiger partial charge in [0.15, 0.2) is 0 Å². The molecule has 2 N–H and O–H groups in total. The highest BCUT2D eigenvalue weighted by molar-refractivity contribution is 6.59. The van der Waals surface area contributed by atoms with Crippen LogP contribution < -0.4 is 5.46 Å². The highest BCUT2D eigenvalue weighted by atomic mass is 16.4. The minimum absolute atomic E-state index is 0.480. The Balaban J connectivity index is 1.77. The molecule has 5 heteroatoms. The zero-order valence-corrected chi connectivity index (χ0v) is 18.8. The normalized spacial score (nSPS) is 11.7. The molecule has 7 rings (SSSR count). The van der Waals surface area contributed by atoms with Gasteiger partial charge in [0.05, 0.1) is 22.1 Å². The Morgan fingerprint density at radius 3 is 1.57 bits per heavy atom. The molecule has 0 radical (unpaired) electrons. The molecule has 2 aromatic heterocycles. The van der Waals surface area contributed by atoms with E-state index in [0.717, 1.165) is 44.2 Å². The number of para-hydroxylation sites is 3. The largest absolute Gasteiger partial charge is 0.488 e. The van der Waals surface area contributed by atoms with Crippen LogP contribution >= 0.6 is 0 Å². The number of hydrogen-bond donors (Lipinski definition) is 2. The lowest BCUT2D eigenvalue weighted by Crippen LogP contribution is -2.29. The maximum atomic E-state index is 9.88. The van der Waals surface area contributed by atoms with Crippen LogP contribution in [0.15, 0.2) is 115 Å². The van der Waals surface area contributed by atoms with Crippen molar-refractivity contribution in [3.63, 3.8) is 0 Å². The van der Waals surface area contributed by atoms with Crippen molar-refractivity contribution in [2.75, 3.05) is 0 Å². The van der Waals surface area contributed by atoms with Crippen LogP contribution in [0.2, 0.25) is 0 Å². The van der Waals surface area contributed by atoms with Gasteiger partial charge < -0.3 is 19.2 Å². The smallest absolute Gasteiger partial charge is 0.423 e. The van der Waals surface area contributed by atoms with E-state index >= 15 is 0 Å². The third-order valence-corrected chi connectivity index (χ3v) is 6.91. The van der Waals surface area contributed by atoms with Crippen LogP contribution in [-0.4, -0.2) is 26.3 Å². The Bertz CT molecular complexity index is 1870. The van der Waals surface area contributed by atoms with Crippen molar-refractivity contribution in [2.45, 2.75) is 0 Å². The average Bonchev–Trinajstić information content (AvgIpc) is 3.42. The van der Waals surface area contributed by atoms with E-state index in [2.05, 4.69) is 81.9 Å². The van der Waals surface area contributed by atoms with Gasteiger partial charge in [-0.1, -0.05) is 78.9 Å². The fourth-order valence-electron chi connectivity index (χ4n) is 5.42. The zero-order chi connectivity index (χ0) is 23.5. The van der Waals surface area contributed by atoms with Gasteiger partial charge in [-0.25, -0.2) is 0 Å². The first kappa shape index (κ1) is 20.1. The fraction of sp³-hybridized carbons (Fsp3) is 0. The van der Waals surface area contributed by atoms with Gasteiger partial charge in [-0.15, -0.1) is 0 Å². The van der Waals surface area contributed by atoms with Crippen molar-refractivity contribution in [3.05, 3.63) is 115 Å². The third-order valence-electron chi connectivity index (χ3n) is 6.91. The molecule has 0 bridgehead atoms. The number of benzene rings is 5. The van der Waals surface area contributed by atoms with E-state index in [1.54, 1.807) is 6.07 Å². The predicted octanol–water partition coefficient (Wildman–Crippen LogP) is 5.56. The number of nitrogens with zero attached hydrogens (tertiary/aromatic N) is 2. The van der Waals surface area contributed by atoms with E-state index in [-0.39, 0.29) is 0 Å². The maximum Gasteiger partial charge on any atom is 0.488 e. The van der Waals surface area contributed by atoms with Crippen LogP contribution in [0.5, 0.6) is 0 Å². The molecule has 0 unspecified atom stereocenters. The van der Waals surface area contributed by atoms with Crippen molar-refractivity contribution >= 4 is 56.2 Å². The molecule has 2 heterocycles. The molecule has 35 heavy (non-hydrogen) atoms. The van der Waals surface area contributed by atoms with Crippen molar-refractivity contribution < 1.29 is 10.0 Å². The maximum absolute atomic E-state index is 9.88. The summed E-state index contributed by atoms with van der Waals surface area (Å²) in [6, 6.07) is 39.3. The first-order valence-electron chi connectivity index (χ1n) is 11.7. The molecule has 0 atom stereocenters. The third kappa shape index (κ3) is 2.89. The molecule has 166 valence electrons. The van der Waals surface area contributed by atoms with Gasteiger partial charge in [-0.05, 0) is 41.9 Å². The molecule has 5 aromatic carbocycles. The monoisotopic (exact) mass is 452 g/mol. The molecule has 0 amide bonds. The topological polar surface area (TPSA) is 50.3 Å². The summed E-state index contributed by atoms with van der Waals surface area (Å²) in [5, 5.41) is 24.2. The van der Waals surface area contributed by atoms with E-state index in [0.29, 0.717) is 5.46 Å². The highest BCUT2D eigenvalue weighted by Crippen LogP contribution is 2.41. The Morgan fingerprint density at radius 1 is 0.457 bits per heavy atom. The van der Waals surface area contributed by atoms with Gasteiger partial charge >= 0.3 is 7.12 Å². The predicted molar refractivity (Wildman–Crippen MR) is 145 cm³/mol. The minimum Gasteiger partial charge on any atom is -0.423 e. The van der Waals surface area contributed by atoms with Gasteiger partial charge in [-0.3, -0.25) is 0 Å². The summed E-state index contributed by atoms with van der Waals surface area (Å²) in [7, 11) is -1.52. The van der Waals surface area contributed by atoms with Crippen LogP contribution in [0.4, 0.5) is 0 Å². The average molecular weight is 452 g/mol. The van der Waals surface area contributed by atoms with Crippen molar-refractivity contribution in [1.29, 1.82) is 0 Å². The summed E-state index contributed by atoms with van der Waals surface area (Å²) in [6.45, 7) is 0. The number of aromatic nitrogens is 2. The number of rotatable bonds is 3. The van der Waals surface area contributed by atoms with Crippen LogP contribution in [0.3, 0.4) is 0 Å². The lowest BCUT2D eigenvalue weighted by atomic mass is 9.80. The standard InChI is InChI=1S/C30H21BN2O2/c34-31(35)20-15-18-28-26(19-20)25-17-16-24-23-13-7-8-14-27(23)32(21-9-3-1-4-10-21)29(24)30(25)33(28)22-11-5-2-6-12-22/h1-19,34-35H. The van der Waals surface area contributed by atoms with Gasteiger partial charge in [0, 0.05) is 32.9 Å². The summed E-state index contributed by atoms with van der Waals surface area (Å²) < 4.78 is 4.63. The summed E-state index contributed by atoms with van der Waals surface area (Å²) in [5.74, 6) is 0. The second-order valence-electron chi connectivity index (χ2n) is 8.87. The molecule has 0 fully saturated rings. The molecule has 0 saturated carbocycles. The number of hydrogen-bond acceptors (Lipinski definition) is 2. The Morgan fingerprint density at radius 2 is 0.971 bits per heavy atom. The van der Waals surface area contributed by atoms with E-state index in [1.807, 2.05) is 36.4 Å². The molecule has 0 saturated heterocycles. The van der Waals surface area contributed by atoms with Gasteiger partial charge in [0.25, 0.3) is 0 Å². The van der Waals surface area contributed by atoms with Crippen LogP contribution in [0.1, 0.15) is 0 Å². The van der Waals surface area contributed by atoms with Gasteiger partial charge in [-0.2, -0.15) is 0 Å². The second-order valence-corrected chi connectivity index (χ2v) is 8.87. The number of fused-ring (bicyclic) bond motifs is 7. The van der Waals surface area contributed by atoms with Gasteiger partial charge in [0.1, 0.15) is 0 Å². The van der Waals surface area contributed by atoms with E-state index in [9.17, 15) is 10.0 Å².